The summed E-state index contributed by atoms with van der Waals surface area (Å²) in [5, 5.41) is 0. The van der Waals surface area contributed by atoms with Crippen molar-refractivity contribution >= 4 is 5.78 Å². The summed E-state index contributed by atoms with van der Waals surface area (Å²) in [6, 6.07) is 0. The molecule has 0 radical (unpaired) electrons. The zero-order valence-electron chi connectivity index (χ0n) is 12.3. The lowest BCUT2D eigenvalue weighted by molar-refractivity contribution is -0.119. The molecule has 1 unspecified atom stereocenters. The van der Waals surface area contributed by atoms with Crippen LogP contribution >= 0.6 is 0 Å². The first-order chi connectivity index (χ1) is 8.50. The fraction of sp³-hybridized carbons (Fsp3) is 0.588. The van der Waals surface area contributed by atoms with E-state index in [9.17, 15) is 4.79 Å². The number of carbonyl (C=O) groups excluding carboxylic acids is 1. The molecular weight excluding hydrogens is 220 g/mol. The Morgan fingerprint density at radius 3 is 2.28 bits per heavy atom. The van der Waals surface area contributed by atoms with Gasteiger partial charge in [-0.25, -0.2) is 0 Å². The van der Waals surface area contributed by atoms with Crippen LogP contribution in [0.25, 0.3) is 0 Å². The molecule has 0 bridgehead atoms. The third kappa shape index (κ3) is 5.03. The van der Waals surface area contributed by atoms with Crippen LogP contribution in [0.15, 0.2) is 34.9 Å². The molecule has 1 heteroatoms. The molecule has 0 spiro atoms. The van der Waals surface area contributed by atoms with E-state index in [1.165, 1.54) is 16.7 Å². The first-order valence-corrected chi connectivity index (χ1v) is 6.99. The second-order valence-electron chi connectivity index (χ2n) is 5.53. The SMILES string of the molecule is CC(=O)C1CC/C(C)=C\CC/C=C(/C)C/C=C/1C. The highest BCUT2D eigenvalue weighted by Crippen LogP contribution is 2.23. The molecule has 0 aliphatic heterocycles. The van der Waals surface area contributed by atoms with E-state index in [4.69, 9.17) is 0 Å². The van der Waals surface area contributed by atoms with Crippen molar-refractivity contribution in [2.24, 2.45) is 5.92 Å². The van der Waals surface area contributed by atoms with Crippen LogP contribution in [0.5, 0.6) is 0 Å². The van der Waals surface area contributed by atoms with Crippen LogP contribution in [0.3, 0.4) is 0 Å². The molecule has 0 fully saturated rings. The molecule has 100 valence electrons. The van der Waals surface area contributed by atoms with E-state index >= 15 is 0 Å². The fourth-order valence-electron chi connectivity index (χ4n) is 2.43. The van der Waals surface area contributed by atoms with Gasteiger partial charge in [0.1, 0.15) is 5.78 Å². The van der Waals surface area contributed by atoms with Crippen molar-refractivity contribution in [2.75, 3.05) is 0 Å². The Balaban J connectivity index is 2.90. The zero-order valence-corrected chi connectivity index (χ0v) is 12.3. The van der Waals surface area contributed by atoms with Crippen molar-refractivity contribution in [1.82, 2.24) is 0 Å². The molecule has 0 saturated heterocycles. The highest BCUT2D eigenvalue weighted by atomic mass is 16.1. The first kappa shape index (κ1) is 14.9. The van der Waals surface area contributed by atoms with Gasteiger partial charge in [0.25, 0.3) is 0 Å². The molecule has 0 N–H and O–H groups in total. The van der Waals surface area contributed by atoms with Crippen molar-refractivity contribution in [1.29, 1.82) is 0 Å². The van der Waals surface area contributed by atoms with Crippen LogP contribution < -0.4 is 0 Å². The van der Waals surface area contributed by atoms with Crippen LogP contribution in [0.1, 0.15) is 59.8 Å². The Morgan fingerprint density at radius 2 is 1.67 bits per heavy atom. The molecule has 0 saturated carbocycles. The summed E-state index contributed by atoms with van der Waals surface area (Å²) in [7, 11) is 0. The first-order valence-electron chi connectivity index (χ1n) is 6.99. The number of Topliss-reactive ketones (excluding diaryl/α,β-unsaturated/α-hetero) is 1. The van der Waals surface area contributed by atoms with Gasteiger partial charge in [-0.3, -0.25) is 4.79 Å². The van der Waals surface area contributed by atoms with Gasteiger partial charge in [0, 0.05) is 5.92 Å². The standard InChI is InChI=1S/C17H26O/c1-13-7-5-6-8-14(2)10-12-17(16(4)18)15(3)11-9-13/h7-8,11,17H,5-6,9-10,12H2,1-4H3/b13-7-,14-8-,15-11+. The molecule has 1 atom stereocenters. The molecule has 0 aromatic carbocycles. The highest BCUT2D eigenvalue weighted by Gasteiger charge is 2.16. The van der Waals surface area contributed by atoms with Crippen molar-refractivity contribution < 1.29 is 4.79 Å². The lowest BCUT2D eigenvalue weighted by Gasteiger charge is -2.16. The molecule has 0 aromatic heterocycles. The minimum Gasteiger partial charge on any atom is -0.299 e. The lowest BCUT2D eigenvalue weighted by atomic mass is 9.88. The van der Waals surface area contributed by atoms with Crippen LogP contribution in [-0.4, -0.2) is 5.78 Å². The van der Waals surface area contributed by atoms with Crippen molar-refractivity contribution in [3.63, 3.8) is 0 Å². The number of rotatable bonds is 1. The molecule has 1 nitrogen and oxygen atoms in total. The van der Waals surface area contributed by atoms with Gasteiger partial charge in [-0.05, 0) is 59.8 Å². The molecule has 18 heavy (non-hydrogen) atoms. The Kier molecular flexibility index (Phi) is 6.11. The quantitative estimate of drug-likeness (QED) is 0.595. The third-order valence-electron chi connectivity index (χ3n) is 3.77. The average molecular weight is 246 g/mol. The number of hydrogen-bond acceptors (Lipinski definition) is 1. The second-order valence-corrected chi connectivity index (χ2v) is 5.53. The van der Waals surface area contributed by atoms with Crippen LogP contribution in [0, 0.1) is 5.92 Å². The van der Waals surface area contributed by atoms with Crippen molar-refractivity contribution in [3.05, 3.63) is 34.9 Å². The van der Waals surface area contributed by atoms with E-state index in [1.807, 2.05) is 0 Å². The predicted octanol–water partition coefficient (Wildman–Crippen LogP) is 4.99. The summed E-state index contributed by atoms with van der Waals surface area (Å²) in [5.74, 6) is 0.413. The summed E-state index contributed by atoms with van der Waals surface area (Å²) in [6.07, 6.45) is 12.1. The Labute approximate surface area is 112 Å². The number of allylic oxidation sites excluding steroid dienone is 6. The van der Waals surface area contributed by atoms with Crippen LogP contribution in [0.4, 0.5) is 0 Å². The van der Waals surface area contributed by atoms with Gasteiger partial charge >= 0.3 is 0 Å². The van der Waals surface area contributed by atoms with Gasteiger partial charge in [0.15, 0.2) is 0 Å². The summed E-state index contributed by atoms with van der Waals surface area (Å²) < 4.78 is 0. The average Bonchev–Trinajstić information content (AvgIpc) is 2.30. The number of hydrogen-bond donors (Lipinski definition) is 0. The topological polar surface area (TPSA) is 17.1 Å². The van der Waals surface area contributed by atoms with Crippen molar-refractivity contribution in [2.45, 2.75) is 59.8 Å². The number of ketones is 1. The summed E-state index contributed by atoms with van der Waals surface area (Å²) >= 11 is 0. The maximum atomic E-state index is 11.7. The highest BCUT2D eigenvalue weighted by molar-refractivity contribution is 5.81. The molecule has 1 aliphatic carbocycles. The Morgan fingerprint density at radius 1 is 1.06 bits per heavy atom. The van der Waals surface area contributed by atoms with Gasteiger partial charge in [-0.2, -0.15) is 0 Å². The largest absolute Gasteiger partial charge is 0.299 e. The van der Waals surface area contributed by atoms with E-state index in [0.29, 0.717) is 5.78 Å². The molecular formula is C17H26O. The smallest absolute Gasteiger partial charge is 0.136 e. The summed E-state index contributed by atoms with van der Waals surface area (Å²) in [5.41, 5.74) is 4.06. The van der Waals surface area contributed by atoms with Gasteiger partial charge in [-0.15, -0.1) is 0 Å². The van der Waals surface area contributed by atoms with E-state index in [-0.39, 0.29) is 5.92 Å². The molecule has 0 amide bonds. The maximum absolute atomic E-state index is 11.7. The lowest BCUT2D eigenvalue weighted by Crippen LogP contribution is -2.12. The molecule has 1 aliphatic rings. The fourth-order valence-corrected chi connectivity index (χ4v) is 2.43. The summed E-state index contributed by atoms with van der Waals surface area (Å²) in [4.78, 5) is 11.7. The zero-order chi connectivity index (χ0) is 13.5. The van der Waals surface area contributed by atoms with Crippen LogP contribution in [-0.2, 0) is 4.79 Å². The third-order valence-corrected chi connectivity index (χ3v) is 3.77. The van der Waals surface area contributed by atoms with E-state index in [2.05, 4.69) is 39.0 Å². The van der Waals surface area contributed by atoms with Crippen LogP contribution in [0.2, 0.25) is 0 Å². The minimum absolute atomic E-state index is 0.112. The summed E-state index contributed by atoms with van der Waals surface area (Å²) in [6.45, 7) is 8.17. The Bertz CT molecular complexity index is 382. The predicted molar refractivity (Wildman–Crippen MR) is 78.5 cm³/mol. The normalized spacial score (nSPS) is 31.8. The van der Waals surface area contributed by atoms with E-state index in [0.717, 1.165) is 32.1 Å². The van der Waals surface area contributed by atoms with Gasteiger partial charge in [0.05, 0.1) is 0 Å². The van der Waals surface area contributed by atoms with Crippen molar-refractivity contribution in [3.8, 4) is 0 Å². The van der Waals surface area contributed by atoms with Gasteiger partial charge in [-0.1, -0.05) is 34.9 Å². The van der Waals surface area contributed by atoms with E-state index < -0.39 is 0 Å². The molecule has 0 heterocycles. The monoisotopic (exact) mass is 246 g/mol. The second kappa shape index (κ2) is 7.35. The molecule has 0 aromatic rings. The van der Waals surface area contributed by atoms with Gasteiger partial charge in [0.2, 0.25) is 0 Å². The minimum atomic E-state index is 0.112. The van der Waals surface area contributed by atoms with Gasteiger partial charge < -0.3 is 0 Å². The molecule has 1 rings (SSSR count). The maximum Gasteiger partial charge on any atom is 0.136 e. The van der Waals surface area contributed by atoms with E-state index in [1.54, 1.807) is 6.92 Å². The number of carbonyl (C=O) groups is 1. The Hall–Kier alpha value is -1.11.